The molecule has 0 saturated carbocycles. The molecule has 1 aromatic heterocycles. The molecule has 0 atom stereocenters. The van der Waals surface area contributed by atoms with Crippen LogP contribution in [0.5, 0.6) is 5.88 Å². The number of nitrogens with one attached hydrogen (secondary N) is 2. The lowest BCUT2D eigenvalue weighted by atomic mass is 10.0. The molecule has 7 heteroatoms. The van der Waals surface area contributed by atoms with E-state index in [1.54, 1.807) is 30.3 Å². The Morgan fingerprint density at radius 1 is 0.912 bits per heavy atom. The van der Waals surface area contributed by atoms with Crippen LogP contribution < -0.4 is 10.1 Å². The van der Waals surface area contributed by atoms with Gasteiger partial charge in [-0.1, -0.05) is 72.8 Å². The summed E-state index contributed by atoms with van der Waals surface area (Å²) in [5, 5.41) is 10.0. The first-order valence-corrected chi connectivity index (χ1v) is 10.6. The molecule has 0 spiro atoms. The predicted octanol–water partition coefficient (Wildman–Crippen LogP) is 4.70. The maximum atomic E-state index is 12.3. The number of H-pyrrole nitrogens is 1. The second-order valence-electron chi connectivity index (χ2n) is 7.31. The van der Waals surface area contributed by atoms with Crippen molar-refractivity contribution in [2.75, 3.05) is 13.7 Å². The maximum absolute atomic E-state index is 12.3. The van der Waals surface area contributed by atoms with E-state index in [4.69, 9.17) is 4.74 Å². The third kappa shape index (κ3) is 5.39. The first kappa shape index (κ1) is 22.5. The molecule has 0 saturated heterocycles. The van der Waals surface area contributed by atoms with Crippen LogP contribution in [0.2, 0.25) is 0 Å². The first-order chi connectivity index (χ1) is 16.7. The Kier molecular flexibility index (Phi) is 7.15. The summed E-state index contributed by atoms with van der Waals surface area (Å²) < 4.78 is 10.5. The molecular weight excluding hydrogens is 430 g/mol. The van der Waals surface area contributed by atoms with Crippen molar-refractivity contribution in [2.45, 2.75) is 0 Å². The molecule has 0 unspecified atom stereocenters. The molecule has 1 amide bonds. The largest absolute Gasteiger partial charge is 0.466 e. The van der Waals surface area contributed by atoms with E-state index in [9.17, 15) is 9.59 Å². The summed E-state index contributed by atoms with van der Waals surface area (Å²) in [5.41, 5.74) is 4.79. The average Bonchev–Trinajstić information content (AvgIpc) is 3.32. The van der Waals surface area contributed by atoms with E-state index in [1.807, 2.05) is 60.7 Å². The van der Waals surface area contributed by atoms with Gasteiger partial charge in [0, 0.05) is 11.8 Å². The van der Waals surface area contributed by atoms with Gasteiger partial charge in [-0.15, -0.1) is 5.10 Å². The summed E-state index contributed by atoms with van der Waals surface area (Å²) in [6.45, 7) is -0.204. The van der Waals surface area contributed by atoms with E-state index >= 15 is 0 Å². The molecule has 3 aromatic carbocycles. The van der Waals surface area contributed by atoms with Gasteiger partial charge in [0.15, 0.2) is 6.61 Å². The second-order valence-corrected chi connectivity index (χ2v) is 7.31. The van der Waals surface area contributed by atoms with Crippen molar-refractivity contribution in [1.82, 2.24) is 15.5 Å². The van der Waals surface area contributed by atoms with Gasteiger partial charge in [0.25, 0.3) is 5.91 Å². The van der Waals surface area contributed by atoms with Crippen LogP contribution in [-0.4, -0.2) is 35.8 Å². The molecular formula is C27H23N3O4. The Hall–Kier alpha value is -4.65. The Balaban J connectivity index is 1.42. The number of nitrogens with zero attached hydrogens (tertiary/aromatic N) is 1. The summed E-state index contributed by atoms with van der Waals surface area (Å²) >= 11 is 0. The van der Waals surface area contributed by atoms with E-state index < -0.39 is 5.97 Å². The number of aromatic nitrogens is 2. The zero-order valence-corrected chi connectivity index (χ0v) is 18.5. The molecule has 0 radical (unpaired) electrons. The zero-order chi connectivity index (χ0) is 23.8. The highest BCUT2D eigenvalue weighted by molar-refractivity contribution is 5.89. The molecule has 170 valence electrons. The smallest absolute Gasteiger partial charge is 0.337 e. The number of esters is 1. The van der Waals surface area contributed by atoms with Crippen LogP contribution in [-0.2, 0) is 9.53 Å². The predicted molar refractivity (Wildman–Crippen MR) is 130 cm³/mol. The van der Waals surface area contributed by atoms with Gasteiger partial charge >= 0.3 is 5.97 Å². The Bertz CT molecular complexity index is 1280. The highest BCUT2D eigenvalue weighted by Crippen LogP contribution is 2.37. The van der Waals surface area contributed by atoms with Crippen molar-refractivity contribution in [3.63, 3.8) is 0 Å². The fraction of sp³-hybridized carbons (Fsp3) is 0.0741. The summed E-state index contributed by atoms with van der Waals surface area (Å²) in [6, 6.07) is 26.4. The van der Waals surface area contributed by atoms with E-state index in [1.165, 1.54) is 13.3 Å². The molecule has 0 fully saturated rings. The normalized spacial score (nSPS) is 10.7. The highest BCUT2D eigenvalue weighted by atomic mass is 16.5. The minimum atomic E-state index is -0.398. The van der Waals surface area contributed by atoms with Crippen LogP contribution in [0.25, 0.3) is 28.5 Å². The number of benzene rings is 3. The number of carbonyl (C=O) groups is 2. The Morgan fingerprint density at radius 3 is 2.21 bits per heavy atom. The van der Waals surface area contributed by atoms with Crippen molar-refractivity contribution >= 4 is 18.0 Å². The van der Waals surface area contributed by atoms with Crippen LogP contribution >= 0.6 is 0 Å². The van der Waals surface area contributed by atoms with Crippen LogP contribution in [0, 0.1) is 0 Å². The number of aromatic amines is 1. The lowest BCUT2D eigenvalue weighted by Crippen LogP contribution is -2.24. The van der Waals surface area contributed by atoms with Gasteiger partial charge in [-0.25, -0.2) is 4.79 Å². The SMILES string of the molecule is COC(=O)c1ccc(C=CNC(=O)COc2n[nH]c(-c3ccccc3)c2-c2ccccc2)cc1. The standard InChI is InChI=1S/C27H23N3O4/c1-33-27(32)22-14-12-19(13-15-22)16-17-28-23(31)18-34-26-24(20-8-4-2-5-9-20)25(29-30-26)21-10-6-3-7-11-21/h2-17H,18H2,1H3,(H,28,31)(H,29,30). The fourth-order valence-electron chi connectivity index (χ4n) is 3.37. The quantitative estimate of drug-likeness (QED) is 0.377. The third-order valence-electron chi connectivity index (χ3n) is 5.05. The minimum Gasteiger partial charge on any atom is -0.466 e. The number of hydrogen-bond acceptors (Lipinski definition) is 5. The van der Waals surface area contributed by atoms with E-state index in [-0.39, 0.29) is 12.5 Å². The van der Waals surface area contributed by atoms with Gasteiger partial charge in [0.05, 0.1) is 23.9 Å². The van der Waals surface area contributed by atoms with Crippen LogP contribution in [0.1, 0.15) is 15.9 Å². The third-order valence-corrected chi connectivity index (χ3v) is 5.05. The lowest BCUT2D eigenvalue weighted by Gasteiger charge is -2.08. The van der Waals surface area contributed by atoms with Gasteiger partial charge in [-0.3, -0.25) is 9.89 Å². The van der Waals surface area contributed by atoms with Crippen LogP contribution in [0.15, 0.2) is 91.1 Å². The summed E-state index contributed by atoms with van der Waals surface area (Å²) in [5.74, 6) is -0.377. The topological polar surface area (TPSA) is 93.3 Å². The van der Waals surface area contributed by atoms with Crippen molar-refractivity contribution in [3.8, 4) is 28.3 Å². The Labute approximate surface area is 197 Å². The van der Waals surface area contributed by atoms with Gasteiger partial charge in [0.2, 0.25) is 5.88 Å². The van der Waals surface area contributed by atoms with Crippen molar-refractivity contribution in [1.29, 1.82) is 0 Å². The Morgan fingerprint density at radius 2 is 1.56 bits per heavy atom. The molecule has 1 heterocycles. The molecule has 0 aliphatic rings. The van der Waals surface area contributed by atoms with E-state index in [2.05, 4.69) is 20.3 Å². The van der Waals surface area contributed by atoms with Crippen molar-refractivity contribution in [2.24, 2.45) is 0 Å². The fourth-order valence-corrected chi connectivity index (χ4v) is 3.37. The second kappa shape index (κ2) is 10.8. The lowest BCUT2D eigenvalue weighted by molar-refractivity contribution is -0.122. The first-order valence-electron chi connectivity index (χ1n) is 10.6. The molecule has 4 rings (SSSR count). The number of carbonyl (C=O) groups excluding carboxylic acids is 2. The number of amides is 1. The molecule has 0 aliphatic heterocycles. The summed E-state index contributed by atoms with van der Waals surface area (Å²) in [6.07, 6.45) is 3.24. The maximum Gasteiger partial charge on any atom is 0.337 e. The summed E-state index contributed by atoms with van der Waals surface area (Å²) in [4.78, 5) is 23.8. The number of rotatable bonds is 8. The van der Waals surface area contributed by atoms with Gasteiger partial charge in [0.1, 0.15) is 0 Å². The van der Waals surface area contributed by atoms with E-state index in [0.29, 0.717) is 11.4 Å². The van der Waals surface area contributed by atoms with Crippen LogP contribution in [0.3, 0.4) is 0 Å². The van der Waals surface area contributed by atoms with Crippen LogP contribution in [0.4, 0.5) is 0 Å². The molecule has 2 N–H and O–H groups in total. The number of methoxy groups -OCH3 is 1. The summed E-state index contributed by atoms with van der Waals surface area (Å²) in [7, 11) is 1.34. The minimum absolute atomic E-state index is 0.204. The molecule has 4 aromatic rings. The van der Waals surface area contributed by atoms with Gasteiger partial charge < -0.3 is 14.8 Å². The molecule has 34 heavy (non-hydrogen) atoms. The zero-order valence-electron chi connectivity index (χ0n) is 18.5. The molecule has 0 bridgehead atoms. The van der Waals surface area contributed by atoms with Gasteiger partial charge in [-0.2, -0.15) is 0 Å². The average molecular weight is 453 g/mol. The van der Waals surface area contributed by atoms with Crippen molar-refractivity contribution < 1.29 is 19.1 Å². The molecule has 7 nitrogen and oxygen atoms in total. The number of ether oxygens (including phenoxy) is 2. The van der Waals surface area contributed by atoms with E-state index in [0.717, 1.165) is 27.9 Å². The van der Waals surface area contributed by atoms with Crippen molar-refractivity contribution in [3.05, 3.63) is 102 Å². The highest BCUT2D eigenvalue weighted by Gasteiger charge is 2.18. The van der Waals surface area contributed by atoms with Gasteiger partial charge in [-0.05, 0) is 29.3 Å². The number of hydrogen-bond donors (Lipinski definition) is 2. The monoisotopic (exact) mass is 453 g/mol. The molecule has 0 aliphatic carbocycles.